The topological polar surface area (TPSA) is 48.7 Å². The van der Waals surface area contributed by atoms with E-state index < -0.39 is 0 Å². The van der Waals surface area contributed by atoms with Gasteiger partial charge in [-0.15, -0.1) is 0 Å². The molecule has 3 aromatic rings. The number of benzene rings is 2. The van der Waals surface area contributed by atoms with E-state index >= 15 is 0 Å². The van der Waals surface area contributed by atoms with Gasteiger partial charge in [0.05, 0.1) is 18.5 Å². The van der Waals surface area contributed by atoms with Crippen LogP contribution in [0.25, 0.3) is 0 Å². The second-order valence-corrected chi connectivity index (χ2v) is 7.17. The van der Waals surface area contributed by atoms with E-state index in [0.717, 1.165) is 44.0 Å². The minimum Gasteiger partial charge on any atom is -0.467 e. The second-order valence-electron chi connectivity index (χ2n) is 7.17. The molecule has 1 aromatic heterocycles. The summed E-state index contributed by atoms with van der Waals surface area (Å²) in [4.78, 5) is 16.7. The van der Waals surface area contributed by atoms with Crippen molar-refractivity contribution in [3.8, 4) is 0 Å². The molecule has 1 fully saturated rings. The highest BCUT2D eigenvalue weighted by Gasteiger charge is 2.19. The zero-order valence-electron chi connectivity index (χ0n) is 16.2. The molecule has 0 bridgehead atoms. The molecule has 0 radical (unpaired) electrons. The number of anilines is 1. The summed E-state index contributed by atoms with van der Waals surface area (Å²) in [6, 6.07) is 18.2. The number of hydrogen-bond donors (Lipinski definition) is 1. The van der Waals surface area contributed by atoms with Crippen LogP contribution in [0.4, 0.5) is 10.1 Å². The van der Waals surface area contributed by atoms with E-state index in [4.69, 9.17) is 4.42 Å². The van der Waals surface area contributed by atoms with Gasteiger partial charge in [0.25, 0.3) is 5.91 Å². The highest BCUT2D eigenvalue weighted by atomic mass is 19.1. The maximum absolute atomic E-state index is 14.0. The average molecular weight is 393 g/mol. The summed E-state index contributed by atoms with van der Waals surface area (Å²) >= 11 is 0. The number of carbonyl (C=O) groups is 1. The summed E-state index contributed by atoms with van der Waals surface area (Å²) in [5.74, 6) is 0.442. The number of amides is 1. The SMILES string of the molecule is O=C(NCc1ccco1)c1ccc(CN2CCN(c3ccccc3F)CC2)cc1. The van der Waals surface area contributed by atoms with E-state index in [9.17, 15) is 9.18 Å². The normalized spacial score (nSPS) is 14.7. The van der Waals surface area contributed by atoms with E-state index in [1.807, 2.05) is 42.5 Å². The molecule has 0 unspecified atom stereocenters. The molecule has 0 spiro atoms. The van der Waals surface area contributed by atoms with E-state index in [-0.39, 0.29) is 11.7 Å². The number of para-hydroxylation sites is 1. The maximum atomic E-state index is 14.0. The first-order valence-electron chi connectivity index (χ1n) is 9.80. The lowest BCUT2D eigenvalue weighted by atomic mass is 10.1. The van der Waals surface area contributed by atoms with Crippen molar-refractivity contribution in [2.45, 2.75) is 13.1 Å². The lowest BCUT2D eigenvalue weighted by Gasteiger charge is -2.36. The molecule has 2 aromatic carbocycles. The summed E-state index contributed by atoms with van der Waals surface area (Å²) in [5.41, 5.74) is 2.47. The van der Waals surface area contributed by atoms with Crippen LogP contribution < -0.4 is 10.2 Å². The second kappa shape index (κ2) is 8.92. The van der Waals surface area contributed by atoms with Crippen LogP contribution in [-0.4, -0.2) is 37.0 Å². The Morgan fingerprint density at radius 2 is 1.72 bits per heavy atom. The largest absolute Gasteiger partial charge is 0.467 e. The van der Waals surface area contributed by atoms with E-state index in [1.54, 1.807) is 18.4 Å². The predicted octanol–water partition coefficient (Wildman–Crippen LogP) is 3.67. The maximum Gasteiger partial charge on any atom is 0.251 e. The Labute approximate surface area is 169 Å². The van der Waals surface area contributed by atoms with E-state index in [0.29, 0.717) is 17.8 Å². The smallest absolute Gasteiger partial charge is 0.251 e. The molecule has 0 atom stereocenters. The molecule has 0 aliphatic carbocycles. The Bertz CT molecular complexity index is 933. The van der Waals surface area contributed by atoms with Crippen LogP contribution in [0.5, 0.6) is 0 Å². The van der Waals surface area contributed by atoms with Crippen LogP contribution in [0.15, 0.2) is 71.3 Å². The molecular formula is C23H24FN3O2. The molecule has 0 saturated carbocycles. The fourth-order valence-corrected chi connectivity index (χ4v) is 3.56. The standard InChI is InChI=1S/C23H24FN3O2/c24-21-5-1-2-6-22(21)27-13-11-26(12-14-27)17-18-7-9-19(10-8-18)23(28)25-16-20-4-3-15-29-20/h1-10,15H,11-14,16-17H2,(H,25,28). The summed E-state index contributed by atoms with van der Waals surface area (Å²) in [5, 5.41) is 2.85. The Hall–Kier alpha value is -3.12. The number of nitrogens with one attached hydrogen (secondary N) is 1. The van der Waals surface area contributed by atoms with Gasteiger partial charge in [0.1, 0.15) is 11.6 Å². The van der Waals surface area contributed by atoms with Crippen LogP contribution >= 0.6 is 0 Å². The molecule has 5 nitrogen and oxygen atoms in total. The third-order valence-electron chi connectivity index (χ3n) is 5.19. The van der Waals surface area contributed by atoms with Gasteiger partial charge in [-0.3, -0.25) is 9.69 Å². The van der Waals surface area contributed by atoms with Crippen LogP contribution in [-0.2, 0) is 13.1 Å². The molecule has 29 heavy (non-hydrogen) atoms. The van der Waals surface area contributed by atoms with Gasteiger partial charge in [0, 0.05) is 38.3 Å². The molecule has 2 heterocycles. The van der Waals surface area contributed by atoms with Gasteiger partial charge in [-0.05, 0) is 42.0 Å². The van der Waals surface area contributed by atoms with Crippen molar-refractivity contribution in [1.29, 1.82) is 0 Å². The van der Waals surface area contributed by atoms with Crippen molar-refractivity contribution in [2.75, 3.05) is 31.1 Å². The fourth-order valence-electron chi connectivity index (χ4n) is 3.56. The van der Waals surface area contributed by atoms with Gasteiger partial charge < -0.3 is 14.6 Å². The third kappa shape index (κ3) is 4.84. The van der Waals surface area contributed by atoms with Gasteiger partial charge in [-0.1, -0.05) is 24.3 Å². The minimum atomic E-state index is -0.165. The van der Waals surface area contributed by atoms with Gasteiger partial charge in [0.15, 0.2) is 0 Å². The third-order valence-corrected chi connectivity index (χ3v) is 5.19. The summed E-state index contributed by atoms with van der Waals surface area (Å²) < 4.78 is 19.2. The van der Waals surface area contributed by atoms with Gasteiger partial charge >= 0.3 is 0 Å². The quantitative estimate of drug-likeness (QED) is 0.694. The molecule has 150 valence electrons. The number of halogens is 1. The molecule has 1 N–H and O–H groups in total. The van der Waals surface area contributed by atoms with Crippen molar-refractivity contribution in [3.63, 3.8) is 0 Å². The van der Waals surface area contributed by atoms with Gasteiger partial charge in [-0.2, -0.15) is 0 Å². The molecule has 6 heteroatoms. The van der Waals surface area contributed by atoms with Crippen molar-refractivity contribution < 1.29 is 13.6 Å². The van der Waals surface area contributed by atoms with Gasteiger partial charge in [0.2, 0.25) is 0 Å². The number of nitrogens with zero attached hydrogens (tertiary/aromatic N) is 2. The minimum absolute atomic E-state index is 0.119. The van der Waals surface area contributed by atoms with E-state index in [1.165, 1.54) is 6.07 Å². The van der Waals surface area contributed by atoms with Crippen molar-refractivity contribution in [3.05, 3.63) is 89.6 Å². The number of hydrogen-bond acceptors (Lipinski definition) is 4. The summed E-state index contributed by atoms with van der Waals surface area (Å²) in [6.45, 7) is 4.54. The Morgan fingerprint density at radius 3 is 2.41 bits per heavy atom. The van der Waals surface area contributed by atoms with Crippen LogP contribution in [0.2, 0.25) is 0 Å². The molecule has 1 saturated heterocycles. The highest BCUT2D eigenvalue weighted by molar-refractivity contribution is 5.94. The van der Waals surface area contributed by atoms with Crippen LogP contribution in [0.3, 0.4) is 0 Å². The number of furan rings is 1. The highest BCUT2D eigenvalue weighted by Crippen LogP contribution is 2.20. The molecule has 1 aliphatic heterocycles. The van der Waals surface area contributed by atoms with E-state index in [2.05, 4.69) is 15.1 Å². The zero-order chi connectivity index (χ0) is 20.1. The Balaban J connectivity index is 1.27. The number of carbonyl (C=O) groups excluding carboxylic acids is 1. The average Bonchev–Trinajstić information content (AvgIpc) is 3.27. The molecular weight excluding hydrogens is 369 g/mol. The molecule has 1 amide bonds. The summed E-state index contributed by atoms with van der Waals surface area (Å²) in [7, 11) is 0. The first kappa shape index (κ1) is 19.2. The fraction of sp³-hybridized carbons (Fsp3) is 0.261. The summed E-state index contributed by atoms with van der Waals surface area (Å²) in [6.07, 6.45) is 1.59. The van der Waals surface area contributed by atoms with Crippen LogP contribution in [0.1, 0.15) is 21.7 Å². The zero-order valence-corrected chi connectivity index (χ0v) is 16.2. The molecule has 4 rings (SSSR count). The number of piperazine rings is 1. The van der Waals surface area contributed by atoms with Crippen molar-refractivity contribution in [1.82, 2.24) is 10.2 Å². The monoisotopic (exact) mass is 393 g/mol. The van der Waals surface area contributed by atoms with Crippen molar-refractivity contribution >= 4 is 11.6 Å². The first-order chi connectivity index (χ1) is 14.2. The predicted molar refractivity (Wildman–Crippen MR) is 110 cm³/mol. The number of rotatable bonds is 6. The van der Waals surface area contributed by atoms with Crippen LogP contribution in [0, 0.1) is 5.82 Å². The lowest BCUT2D eigenvalue weighted by molar-refractivity contribution is 0.0948. The van der Waals surface area contributed by atoms with Gasteiger partial charge in [-0.25, -0.2) is 4.39 Å². The van der Waals surface area contributed by atoms with Crippen molar-refractivity contribution in [2.24, 2.45) is 0 Å². The first-order valence-corrected chi connectivity index (χ1v) is 9.80. The lowest BCUT2D eigenvalue weighted by Crippen LogP contribution is -2.46. The molecule has 1 aliphatic rings. The Kier molecular flexibility index (Phi) is 5.91. The Morgan fingerprint density at radius 1 is 0.966 bits per heavy atom.